The van der Waals surface area contributed by atoms with Crippen LogP contribution in [-0.4, -0.2) is 74.9 Å². The average Bonchev–Trinajstić information content (AvgIpc) is 1.65. The number of nitrogens with zero attached hydrogens (tertiary/aromatic N) is 1. The SMILES string of the molecule is CCCCCCCCCC/C=C\CCCCCCCCCCCCCCCCCCCC(=O)OC(COC(=O)CCCCCCCCCCCCCCCCCCCCCCCCCCCCCCCCCCCCCCCCCCC)COP(=O)(O)OCC[N+](C)(C)C. The van der Waals surface area contributed by atoms with Crippen LogP contribution < -0.4 is 0 Å². The fourth-order valence-corrected chi connectivity index (χ4v) is 14.1. The minimum atomic E-state index is -4.39. The number of carbonyl (C=O) groups is 2. The minimum absolute atomic E-state index is 0.0367. The van der Waals surface area contributed by atoms with E-state index in [4.69, 9.17) is 18.5 Å². The summed E-state index contributed by atoms with van der Waals surface area (Å²) < 4.78 is 34.9. The lowest BCUT2D eigenvalue weighted by molar-refractivity contribution is -0.870. The fraction of sp³-hybridized carbons (Fsp3) is 0.952. The molecule has 0 bridgehead atoms. The molecular weight excluding hydrogens is 1180 g/mol. The molecule has 0 heterocycles. The number of phosphoric ester groups is 1. The van der Waals surface area contributed by atoms with Gasteiger partial charge in [-0.1, -0.05) is 424 Å². The molecule has 0 aromatic heterocycles. The summed E-state index contributed by atoms with van der Waals surface area (Å²) in [6.45, 7) is 4.53. The lowest BCUT2D eigenvalue weighted by Gasteiger charge is -2.24. The van der Waals surface area contributed by atoms with Gasteiger partial charge in [-0.05, 0) is 38.5 Å². The van der Waals surface area contributed by atoms with Gasteiger partial charge in [-0.3, -0.25) is 18.6 Å². The van der Waals surface area contributed by atoms with Crippen LogP contribution >= 0.6 is 7.82 Å². The predicted octanol–water partition coefficient (Wildman–Crippen LogP) is 28.2. The van der Waals surface area contributed by atoms with E-state index in [9.17, 15) is 19.0 Å². The van der Waals surface area contributed by atoms with Gasteiger partial charge in [0.1, 0.15) is 19.8 Å². The molecule has 10 heteroatoms. The van der Waals surface area contributed by atoms with Crippen LogP contribution in [0.5, 0.6) is 0 Å². The highest BCUT2D eigenvalue weighted by Crippen LogP contribution is 2.43. The minimum Gasteiger partial charge on any atom is -0.462 e. The fourth-order valence-electron chi connectivity index (χ4n) is 13.3. The number of hydrogen-bond donors (Lipinski definition) is 1. The Bertz CT molecular complexity index is 1590. The standard InChI is InChI=1S/C84H166NO8P/c1-6-8-10-12-14-16-18-20-22-24-26-28-30-32-34-36-37-38-39-40-41-42-43-44-45-46-47-49-50-52-54-56-58-60-62-64-66-68-70-72-74-76-83(86)90-80-82(81-92-94(88,89)91-79-78-85(3,4)5)93-84(87)77-75-73-71-69-67-65-63-61-59-57-55-53-51-48-35-33-31-29-27-25-23-21-19-17-15-13-11-9-7-2/h25,27,82H,6-24,26,28-81H2,1-5H3/p+1/b27-25-. The third-order valence-corrected chi connectivity index (χ3v) is 20.8. The second kappa shape index (κ2) is 75.9. The molecule has 1 N–H and O–H groups in total. The van der Waals surface area contributed by atoms with Gasteiger partial charge in [0.2, 0.25) is 0 Å². The van der Waals surface area contributed by atoms with Crippen molar-refractivity contribution in [1.29, 1.82) is 0 Å². The van der Waals surface area contributed by atoms with Crippen LogP contribution in [0.4, 0.5) is 0 Å². The molecule has 0 aromatic carbocycles. The quantitative estimate of drug-likeness (QED) is 0.0211. The molecule has 0 saturated carbocycles. The first-order chi connectivity index (χ1) is 46.0. The number of carbonyl (C=O) groups excluding carboxylic acids is 2. The highest BCUT2D eigenvalue weighted by atomic mass is 31.2. The number of esters is 2. The van der Waals surface area contributed by atoms with Gasteiger partial charge in [0, 0.05) is 12.8 Å². The Kier molecular flexibility index (Phi) is 74.9. The highest BCUT2D eigenvalue weighted by molar-refractivity contribution is 7.47. The van der Waals surface area contributed by atoms with Crippen LogP contribution in [0.1, 0.15) is 463 Å². The molecule has 9 nitrogen and oxygen atoms in total. The van der Waals surface area contributed by atoms with Crippen LogP contribution in [0.15, 0.2) is 12.2 Å². The van der Waals surface area contributed by atoms with Crippen molar-refractivity contribution in [2.45, 2.75) is 469 Å². The molecule has 0 fully saturated rings. The molecule has 0 amide bonds. The van der Waals surface area contributed by atoms with Crippen LogP contribution in [0.25, 0.3) is 0 Å². The molecule has 0 radical (unpaired) electrons. The Morgan fingerprint density at radius 1 is 0.319 bits per heavy atom. The van der Waals surface area contributed by atoms with Crippen molar-refractivity contribution in [2.75, 3.05) is 47.5 Å². The van der Waals surface area contributed by atoms with Crippen molar-refractivity contribution in [3.05, 3.63) is 12.2 Å². The Balaban J connectivity index is 3.83. The van der Waals surface area contributed by atoms with Crippen molar-refractivity contribution in [3.8, 4) is 0 Å². The first kappa shape index (κ1) is 92.8. The van der Waals surface area contributed by atoms with Crippen molar-refractivity contribution >= 4 is 19.8 Å². The van der Waals surface area contributed by atoms with Gasteiger partial charge in [0.05, 0.1) is 27.7 Å². The molecular formula is C84H167NO8P+. The van der Waals surface area contributed by atoms with E-state index in [0.717, 1.165) is 38.5 Å². The van der Waals surface area contributed by atoms with Crippen LogP contribution in [0, 0.1) is 0 Å². The van der Waals surface area contributed by atoms with Gasteiger partial charge in [-0.25, -0.2) is 4.57 Å². The van der Waals surface area contributed by atoms with Crippen molar-refractivity contribution in [1.82, 2.24) is 0 Å². The smallest absolute Gasteiger partial charge is 0.462 e. The van der Waals surface area contributed by atoms with Gasteiger partial charge in [0.15, 0.2) is 6.10 Å². The summed E-state index contributed by atoms with van der Waals surface area (Å²) >= 11 is 0. The summed E-state index contributed by atoms with van der Waals surface area (Å²) in [6.07, 6.45) is 96.8. The number of phosphoric acid groups is 1. The molecule has 0 aliphatic heterocycles. The number of allylic oxidation sites excluding steroid dienone is 2. The van der Waals surface area contributed by atoms with E-state index in [2.05, 4.69) is 26.0 Å². The summed E-state index contributed by atoms with van der Waals surface area (Å²) in [4.78, 5) is 36.0. The highest BCUT2D eigenvalue weighted by Gasteiger charge is 2.27. The molecule has 94 heavy (non-hydrogen) atoms. The summed E-state index contributed by atoms with van der Waals surface area (Å²) in [6, 6.07) is 0. The number of unbranched alkanes of at least 4 members (excludes halogenated alkanes) is 65. The molecule has 2 atom stereocenters. The molecule has 0 aliphatic rings. The lowest BCUT2D eigenvalue weighted by atomic mass is 10.0. The van der Waals surface area contributed by atoms with Gasteiger partial charge in [-0.2, -0.15) is 0 Å². The first-order valence-corrected chi connectivity index (χ1v) is 43.9. The number of likely N-dealkylation sites (N-methyl/N-ethyl adjacent to an activating group) is 1. The van der Waals surface area contributed by atoms with E-state index >= 15 is 0 Å². The predicted molar refractivity (Wildman–Crippen MR) is 409 cm³/mol. The molecule has 560 valence electrons. The zero-order valence-electron chi connectivity index (χ0n) is 64.3. The molecule has 0 saturated heterocycles. The lowest BCUT2D eigenvalue weighted by Crippen LogP contribution is -2.37. The summed E-state index contributed by atoms with van der Waals surface area (Å²) in [5.41, 5.74) is 0. The zero-order chi connectivity index (χ0) is 68.3. The third kappa shape index (κ3) is 79.7. The maximum Gasteiger partial charge on any atom is 0.472 e. The maximum atomic E-state index is 12.9. The normalized spacial score (nSPS) is 13.0. The number of rotatable bonds is 81. The molecule has 0 spiro atoms. The molecule has 0 rings (SSSR count). The second-order valence-corrected chi connectivity index (χ2v) is 32.0. The summed E-state index contributed by atoms with van der Waals surface area (Å²) in [7, 11) is 1.51. The van der Waals surface area contributed by atoms with Crippen molar-refractivity contribution < 1.29 is 42.1 Å². The van der Waals surface area contributed by atoms with E-state index in [0.29, 0.717) is 17.4 Å². The number of quaternary nitrogens is 1. The Morgan fingerprint density at radius 2 is 0.543 bits per heavy atom. The molecule has 2 unspecified atom stereocenters. The topological polar surface area (TPSA) is 108 Å². The van der Waals surface area contributed by atoms with Gasteiger partial charge in [0.25, 0.3) is 0 Å². The number of hydrogen-bond acceptors (Lipinski definition) is 7. The van der Waals surface area contributed by atoms with Crippen LogP contribution in [0.2, 0.25) is 0 Å². The Morgan fingerprint density at radius 3 is 0.787 bits per heavy atom. The van der Waals surface area contributed by atoms with Crippen LogP contribution in [0.3, 0.4) is 0 Å². The van der Waals surface area contributed by atoms with Gasteiger partial charge in [-0.15, -0.1) is 0 Å². The van der Waals surface area contributed by atoms with E-state index in [1.807, 2.05) is 21.1 Å². The molecule has 0 aromatic rings. The maximum absolute atomic E-state index is 12.9. The monoisotopic (exact) mass is 1350 g/mol. The summed E-state index contributed by atoms with van der Waals surface area (Å²) in [5, 5.41) is 0. The van der Waals surface area contributed by atoms with Crippen molar-refractivity contribution in [2.24, 2.45) is 0 Å². The van der Waals surface area contributed by atoms with E-state index < -0.39 is 26.5 Å². The second-order valence-electron chi connectivity index (χ2n) is 30.6. The van der Waals surface area contributed by atoms with Crippen molar-refractivity contribution in [3.63, 3.8) is 0 Å². The summed E-state index contributed by atoms with van der Waals surface area (Å²) in [5.74, 6) is -0.767. The van der Waals surface area contributed by atoms with Gasteiger partial charge >= 0.3 is 19.8 Å². The number of ether oxygens (including phenoxy) is 2. The Hall–Kier alpha value is -1.25. The first-order valence-electron chi connectivity index (χ1n) is 42.4. The van der Waals surface area contributed by atoms with Crippen LogP contribution in [-0.2, 0) is 32.7 Å². The van der Waals surface area contributed by atoms with E-state index in [-0.39, 0.29) is 25.6 Å². The zero-order valence-corrected chi connectivity index (χ0v) is 65.2. The molecule has 0 aliphatic carbocycles. The van der Waals surface area contributed by atoms with E-state index in [1.54, 1.807) is 0 Å². The van der Waals surface area contributed by atoms with Gasteiger partial charge < -0.3 is 18.9 Å². The van der Waals surface area contributed by atoms with E-state index in [1.165, 1.54) is 398 Å². The Labute approximate surface area is 587 Å². The third-order valence-electron chi connectivity index (χ3n) is 19.8. The average molecular weight is 1350 g/mol. The largest absolute Gasteiger partial charge is 0.472 e.